The third-order valence-electron chi connectivity index (χ3n) is 2.52. The van der Waals surface area contributed by atoms with Gasteiger partial charge in [0.2, 0.25) is 5.89 Å². The first kappa shape index (κ1) is 14.3. The first-order valence-electron chi connectivity index (χ1n) is 5.78. The molecule has 0 bridgehead atoms. The van der Waals surface area contributed by atoms with Crippen LogP contribution in [0.5, 0.6) is 0 Å². The lowest BCUT2D eigenvalue weighted by atomic mass is 10.1. The normalized spacial score (nSPS) is 19.2. The van der Waals surface area contributed by atoms with Gasteiger partial charge in [-0.05, 0) is 0 Å². The highest BCUT2D eigenvalue weighted by molar-refractivity contribution is 5.76. The van der Waals surface area contributed by atoms with Crippen LogP contribution < -0.4 is 0 Å². The Morgan fingerprint density at radius 3 is 2.95 bits per heavy atom. The second-order valence-electron chi connectivity index (χ2n) is 4.06. The van der Waals surface area contributed by atoms with Gasteiger partial charge in [-0.1, -0.05) is 12.1 Å². The van der Waals surface area contributed by atoms with Gasteiger partial charge in [0.05, 0.1) is 19.0 Å². The van der Waals surface area contributed by atoms with E-state index in [9.17, 15) is 18.0 Å². The van der Waals surface area contributed by atoms with Crippen LogP contribution in [-0.2, 0) is 16.1 Å². The van der Waals surface area contributed by atoms with E-state index in [2.05, 4.69) is 20.0 Å². The van der Waals surface area contributed by atoms with E-state index < -0.39 is 18.1 Å². The van der Waals surface area contributed by atoms with E-state index in [1.165, 1.54) is 0 Å². The molecule has 1 aliphatic heterocycles. The molecule has 10 heteroatoms. The fourth-order valence-corrected chi connectivity index (χ4v) is 1.54. The number of halogens is 3. The topological polar surface area (TPSA) is 80.8 Å². The van der Waals surface area contributed by atoms with E-state index in [1.54, 1.807) is 0 Å². The predicted molar refractivity (Wildman–Crippen MR) is 58.6 cm³/mol. The summed E-state index contributed by atoms with van der Waals surface area (Å²) in [7, 11) is 0. The van der Waals surface area contributed by atoms with Crippen LogP contribution in [0.2, 0.25) is 0 Å². The van der Waals surface area contributed by atoms with Crippen LogP contribution in [0.4, 0.5) is 13.2 Å². The lowest BCUT2D eigenvalue weighted by Gasteiger charge is -2.25. The number of aryl methyl sites for hydroxylation is 1. The number of nitrogens with zero attached hydrogens (tertiary/aromatic N) is 4. The molecule has 1 aromatic rings. The molecule has 0 spiro atoms. The molecule has 0 amide bonds. The summed E-state index contributed by atoms with van der Waals surface area (Å²) in [5.74, 6) is -1.97. The van der Waals surface area contributed by atoms with Crippen molar-refractivity contribution in [3.8, 4) is 0 Å². The molecule has 0 saturated heterocycles. The summed E-state index contributed by atoms with van der Waals surface area (Å²) in [6, 6.07) is 0. The van der Waals surface area contributed by atoms with Crippen molar-refractivity contribution in [2.45, 2.75) is 25.4 Å². The molecule has 1 unspecified atom stereocenters. The number of aliphatic imine (C=N–C) groups is 1. The van der Waals surface area contributed by atoms with Crippen LogP contribution in [0.3, 0.4) is 0 Å². The summed E-state index contributed by atoms with van der Waals surface area (Å²) in [5, 5.41) is 4.40. The summed E-state index contributed by atoms with van der Waals surface area (Å²) in [6.45, 7) is 2.08. The lowest BCUT2D eigenvalue weighted by Crippen LogP contribution is -2.39. The average molecular weight is 292 g/mol. The van der Waals surface area contributed by atoms with Crippen molar-refractivity contribution in [2.75, 3.05) is 13.1 Å². The van der Waals surface area contributed by atoms with E-state index >= 15 is 0 Å². The fourth-order valence-electron chi connectivity index (χ4n) is 1.54. The molecule has 1 aromatic heterocycles. The zero-order chi connectivity index (χ0) is 14.8. The van der Waals surface area contributed by atoms with Gasteiger partial charge in [-0.25, -0.2) is 4.79 Å². The van der Waals surface area contributed by atoms with Crippen molar-refractivity contribution in [1.29, 1.82) is 0 Å². The number of carbonyl (C=O) groups is 1. The molecule has 0 radical (unpaired) electrons. The number of hydrogen-bond acceptors (Lipinski definition) is 7. The van der Waals surface area contributed by atoms with Gasteiger partial charge in [0.15, 0.2) is 5.82 Å². The summed E-state index contributed by atoms with van der Waals surface area (Å²) in [4.78, 5) is 22.8. The van der Waals surface area contributed by atoms with Gasteiger partial charge < -0.3 is 9.36 Å². The number of hydrogen-bond donors (Lipinski definition) is 0. The van der Waals surface area contributed by atoms with Crippen LogP contribution in [0, 0.1) is 0 Å². The van der Waals surface area contributed by atoms with Crippen LogP contribution in [0.1, 0.15) is 24.6 Å². The minimum absolute atomic E-state index is 0.0311. The Balaban J connectivity index is 2.00. The molecule has 20 heavy (non-hydrogen) atoms. The molecular formula is C10H11F3N4O3. The SMILES string of the molecule is CCc1noc(C2CN=CN(OC(=O)C(F)(F)F)C2)n1. The smallest absolute Gasteiger partial charge is 0.339 e. The molecule has 7 nitrogen and oxygen atoms in total. The Kier molecular flexibility index (Phi) is 3.91. The average Bonchev–Trinajstić information content (AvgIpc) is 2.86. The minimum atomic E-state index is -5.05. The minimum Gasteiger partial charge on any atom is -0.339 e. The van der Waals surface area contributed by atoms with Crippen molar-refractivity contribution >= 4 is 12.3 Å². The molecule has 0 saturated carbocycles. The van der Waals surface area contributed by atoms with Crippen LogP contribution in [0.25, 0.3) is 0 Å². The number of hydroxylamine groups is 2. The molecular weight excluding hydrogens is 281 g/mol. The number of rotatable bonds is 3. The van der Waals surface area contributed by atoms with Crippen molar-refractivity contribution < 1.29 is 27.3 Å². The van der Waals surface area contributed by atoms with Gasteiger partial charge in [-0.15, -0.1) is 0 Å². The van der Waals surface area contributed by atoms with E-state index in [-0.39, 0.29) is 19.0 Å². The Labute approximate surface area is 111 Å². The van der Waals surface area contributed by atoms with Gasteiger partial charge in [0.25, 0.3) is 0 Å². The second-order valence-corrected chi connectivity index (χ2v) is 4.06. The van der Waals surface area contributed by atoms with E-state index in [0.717, 1.165) is 6.34 Å². The summed E-state index contributed by atoms with van der Waals surface area (Å²) >= 11 is 0. The Morgan fingerprint density at radius 2 is 2.35 bits per heavy atom. The van der Waals surface area contributed by atoms with Crippen LogP contribution in [0.15, 0.2) is 9.52 Å². The number of carbonyl (C=O) groups excluding carboxylic acids is 1. The highest BCUT2D eigenvalue weighted by atomic mass is 19.4. The van der Waals surface area contributed by atoms with Gasteiger partial charge in [0.1, 0.15) is 6.34 Å². The Bertz CT molecular complexity index is 514. The van der Waals surface area contributed by atoms with Crippen molar-refractivity contribution in [2.24, 2.45) is 4.99 Å². The van der Waals surface area contributed by atoms with Gasteiger partial charge in [0, 0.05) is 6.42 Å². The van der Waals surface area contributed by atoms with Crippen LogP contribution >= 0.6 is 0 Å². The molecule has 1 atom stereocenters. The maximum Gasteiger partial charge on any atom is 0.493 e. The summed E-state index contributed by atoms with van der Waals surface area (Å²) < 4.78 is 41.3. The van der Waals surface area contributed by atoms with Crippen molar-refractivity contribution in [3.63, 3.8) is 0 Å². The Hall–Kier alpha value is -2.13. The highest BCUT2D eigenvalue weighted by Gasteiger charge is 2.43. The van der Waals surface area contributed by atoms with E-state index in [4.69, 9.17) is 4.52 Å². The molecule has 2 heterocycles. The van der Waals surface area contributed by atoms with Gasteiger partial charge in [-0.3, -0.25) is 4.99 Å². The molecule has 0 N–H and O–H groups in total. The summed E-state index contributed by atoms with van der Waals surface area (Å²) in [5.41, 5.74) is 0. The standard InChI is InChI=1S/C10H11F3N4O3/c1-2-7-15-8(19-16-7)6-3-14-5-17(4-6)20-9(18)10(11,12)13/h5-6H,2-4H2,1H3. The molecule has 0 fully saturated rings. The Morgan fingerprint density at radius 1 is 1.60 bits per heavy atom. The monoisotopic (exact) mass is 292 g/mol. The predicted octanol–water partition coefficient (Wildman–Crippen LogP) is 1.08. The summed E-state index contributed by atoms with van der Waals surface area (Å²) in [6.07, 6.45) is -3.45. The van der Waals surface area contributed by atoms with Crippen molar-refractivity contribution in [3.05, 3.63) is 11.7 Å². The maximum atomic E-state index is 12.1. The first-order chi connectivity index (χ1) is 9.40. The molecule has 1 aliphatic rings. The maximum absolute atomic E-state index is 12.1. The zero-order valence-electron chi connectivity index (χ0n) is 10.4. The largest absolute Gasteiger partial charge is 0.493 e. The number of aromatic nitrogens is 2. The van der Waals surface area contributed by atoms with E-state index in [1.807, 2.05) is 6.92 Å². The quantitative estimate of drug-likeness (QED) is 0.829. The third kappa shape index (κ3) is 3.25. The van der Waals surface area contributed by atoms with Crippen molar-refractivity contribution in [1.82, 2.24) is 15.2 Å². The molecule has 0 aromatic carbocycles. The zero-order valence-corrected chi connectivity index (χ0v) is 10.4. The highest BCUT2D eigenvalue weighted by Crippen LogP contribution is 2.21. The molecule has 110 valence electrons. The second kappa shape index (κ2) is 5.47. The number of alkyl halides is 3. The first-order valence-corrected chi connectivity index (χ1v) is 5.78. The third-order valence-corrected chi connectivity index (χ3v) is 2.52. The van der Waals surface area contributed by atoms with Crippen LogP contribution in [-0.4, -0.2) is 46.8 Å². The van der Waals surface area contributed by atoms with E-state index in [0.29, 0.717) is 17.3 Å². The molecule has 0 aliphatic carbocycles. The fraction of sp³-hybridized carbons (Fsp3) is 0.600. The van der Waals surface area contributed by atoms with Gasteiger partial charge in [-0.2, -0.15) is 23.2 Å². The van der Waals surface area contributed by atoms with Gasteiger partial charge >= 0.3 is 12.1 Å². The molecule has 2 rings (SSSR count). The lowest BCUT2D eigenvalue weighted by molar-refractivity contribution is -0.225.